The van der Waals surface area contributed by atoms with Crippen LogP contribution in [0.5, 0.6) is 5.75 Å². The van der Waals surface area contributed by atoms with E-state index >= 15 is 0 Å². The molecule has 1 aromatic carbocycles. The molecule has 2 atom stereocenters. The van der Waals surface area contributed by atoms with Crippen molar-refractivity contribution in [2.75, 3.05) is 0 Å². The average Bonchev–Trinajstić information content (AvgIpc) is 3.21. The van der Waals surface area contributed by atoms with E-state index in [2.05, 4.69) is 65.7 Å². The number of aryl methyl sites for hydroxylation is 4. The molecule has 0 saturated heterocycles. The second-order valence-corrected chi connectivity index (χ2v) is 8.87. The van der Waals surface area contributed by atoms with Gasteiger partial charge in [0, 0.05) is 35.7 Å². The summed E-state index contributed by atoms with van der Waals surface area (Å²) >= 11 is 0. The second-order valence-electron chi connectivity index (χ2n) is 8.87. The minimum atomic E-state index is -0.147. The van der Waals surface area contributed by atoms with Gasteiger partial charge in [-0.05, 0) is 81.3 Å². The van der Waals surface area contributed by atoms with Crippen LogP contribution in [0.3, 0.4) is 0 Å². The number of nitrogens with one attached hydrogen (secondary N) is 1. The van der Waals surface area contributed by atoms with Gasteiger partial charge in [-0.1, -0.05) is 18.2 Å². The molecule has 172 valence electrons. The van der Waals surface area contributed by atoms with E-state index in [1.54, 1.807) is 10.9 Å². The molecule has 0 aliphatic heterocycles. The number of aromatic nitrogens is 3. The van der Waals surface area contributed by atoms with Crippen LogP contribution < -0.4 is 10.1 Å². The maximum absolute atomic E-state index is 12.8. The highest BCUT2D eigenvalue weighted by Crippen LogP contribution is 2.33. The number of carbonyl (C=O) groups is 1. The first-order valence-corrected chi connectivity index (χ1v) is 11.6. The monoisotopic (exact) mass is 452 g/mol. The third-order valence-electron chi connectivity index (χ3n) is 6.39. The Balaban J connectivity index is 1.31. The highest BCUT2D eigenvalue weighted by molar-refractivity contribution is 5.94. The summed E-state index contributed by atoms with van der Waals surface area (Å²) in [6.45, 7) is 8.71. The van der Waals surface area contributed by atoms with Gasteiger partial charge in [-0.25, -0.2) is 0 Å². The van der Waals surface area contributed by atoms with Crippen LogP contribution in [-0.2, 0) is 6.54 Å². The molecule has 6 nitrogen and oxygen atoms in total. The smallest absolute Gasteiger partial charge is 0.273 e. The highest BCUT2D eigenvalue weighted by Gasteiger charge is 2.23. The van der Waals surface area contributed by atoms with E-state index in [9.17, 15) is 4.79 Å². The van der Waals surface area contributed by atoms with E-state index in [1.807, 2.05) is 38.1 Å². The van der Waals surface area contributed by atoms with Crippen LogP contribution in [0.25, 0.3) is 10.9 Å². The Bertz CT molecular complexity index is 1410. The maximum Gasteiger partial charge on any atom is 0.273 e. The molecule has 5 rings (SSSR count). The summed E-state index contributed by atoms with van der Waals surface area (Å²) in [4.78, 5) is 17.3. The number of hydrogen-bond acceptors (Lipinski definition) is 4. The molecular formula is C28H28N4O2. The fourth-order valence-corrected chi connectivity index (χ4v) is 4.43. The molecule has 2 aliphatic carbocycles. The Morgan fingerprint density at radius 2 is 1.82 bits per heavy atom. The van der Waals surface area contributed by atoms with Crippen molar-refractivity contribution < 1.29 is 9.53 Å². The van der Waals surface area contributed by atoms with Gasteiger partial charge >= 0.3 is 0 Å². The standard InChI is InChI=1S/C28H28N4O2/c1-5-32-26(14-19(4)31-32)28(33)30-22-8-6-21-16-23(9-7-20(21)15-22)34-27-10-11-29-25-13-18(3)17(2)12-24(25)27/h6-16,20-21H,5H2,1-4H3,(H,30,33). The van der Waals surface area contributed by atoms with Gasteiger partial charge in [-0.15, -0.1) is 0 Å². The lowest BCUT2D eigenvalue weighted by molar-refractivity contribution is 0.0956. The number of pyridine rings is 1. The minimum Gasteiger partial charge on any atom is -0.457 e. The number of nitrogens with zero attached hydrogens (tertiary/aromatic N) is 3. The lowest BCUT2D eigenvalue weighted by Gasteiger charge is -2.25. The molecule has 0 radical (unpaired) electrons. The second kappa shape index (κ2) is 8.78. The number of amides is 1. The third kappa shape index (κ3) is 4.19. The fourth-order valence-electron chi connectivity index (χ4n) is 4.43. The van der Waals surface area contributed by atoms with E-state index in [4.69, 9.17) is 4.74 Å². The van der Waals surface area contributed by atoms with Crippen molar-refractivity contribution in [1.29, 1.82) is 0 Å². The van der Waals surface area contributed by atoms with Gasteiger partial charge in [-0.3, -0.25) is 14.5 Å². The van der Waals surface area contributed by atoms with Gasteiger partial charge in [-0.2, -0.15) is 5.10 Å². The van der Waals surface area contributed by atoms with E-state index in [-0.39, 0.29) is 17.7 Å². The molecule has 34 heavy (non-hydrogen) atoms. The molecule has 2 unspecified atom stereocenters. The summed E-state index contributed by atoms with van der Waals surface area (Å²) in [6.07, 6.45) is 14.2. The number of rotatable bonds is 5. The molecule has 6 heteroatoms. The SMILES string of the molecule is CCn1nc(C)cc1C(=O)NC1=CC2C=CC(Oc3ccnc4cc(C)c(C)cc34)=CC2C=C1. The Morgan fingerprint density at radius 1 is 1.06 bits per heavy atom. The van der Waals surface area contributed by atoms with Crippen molar-refractivity contribution in [1.82, 2.24) is 20.1 Å². The van der Waals surface area contributed by atoms with Crippen LogP contribution in [0.4, 0.5) is 0 Å². The predicted octanol–water partition coefficient (Wildman–Crippen LogP) is 5.33. The zero-order valence-electron chi connectivity index (χ0n) is 19.9. The molecule has 2 aliphatic rings. The van der Waals surface area contributed by atoms with E-state index in [1.165, 1.54) is 11.1 Å². The van der Waals surface area contributed by atoms with Crippen molar-refractivity contribution in [2.24, 2.45) is 11.8 Å². The van der Waals surface area contributed by atoms with E-state index in [0.717, 1.165) is 33.8 Å². The summed E-state index contributed by atoms with van der Waals surface area (Å²) in [5.41, 5.74) is 5.56. The molecule has 1 N–H and O–H groups in total. The molecule has 2 aromatic heterocycles. The molecular weight excluding hydrogens is 424 g/mol. The zero-order chi connectivity index (χ0) is 23.8. The number of ether oxygens (including phenoxy) is 1. The lowest BCUT2D eigenvalue weighted by atomic mass is 9.84. The third-order valence-corrected chi connectivity index (χ3v) is 6.39. The molecule has 0 bridgehead atoms. The Labute approximate surface area is 199 Å². The summed E-state index contributed by atoms with van der Waals surface area (Å²) in [5.74, 6) is 1.78. The molecule has 3 aromatic rings. The van der Waals surface area contributed by atoms with Crippen molar-refractivity contribution in [3.8, 4) is 5.75 Å². The Morgan fingerprint density at radius 3 is 2.65 bits per heavy atom. The Kier molecular flexibility index (Phi) is 5.65. The van der Waals surface area contributed by atoms with Gasteiger partial charge < -0.3 is 10.1 Å². The average molecular weight is 453 g/mol. The van der Waals surface area contributed by atoms with E-state index in [0.29, 0.717) is 12.2 Å². The molecule has 1 amide bonds. The first kappa shape index (κ1) is 21.9. The van der Waals surface area contributed by atoms with Crippen molar-refractivity contribution in [3.63, 3.8) is 0 Å². The maximum atomic E-state index is 12.8. The van der Waals surface area contributed by atoms with Gasteiger partial charge in [0.15, 0.2) is 0 Å². The summed E-state index contributed by atoms with van der Waals surface area (Å²) in [5, 5.41) is 8.39. The Hall–Kier alpha value is -3.93. The fraction of sp³-hybridized carbons (Fsp3) is 0.250. The lowest BCUT2D eigenvalue weighted by Crippen LogP contribution is -2.27. The quantitative estimate of drug-likeness (QED) is 0.568. The van der Waals surface area contributed by atoms with Gasteiger partial charge in [0.25, 0.3) is 5.91 Å². The van der Waals surface area contributed by atoms with Crippen molar-refractivity contribution in [2.45, 2.75) is 34.2 Å². The molecule has 0 spiro atoms. The summed E-state index contributed by atoms with van der Waals surface area (Å²) < 4.78 is 8.01. The first-order valence-electron chi connectivity index (χ1n) is 11.6. The number of hydrogen-bond donors (Lipinski definition) is 1. The number of carbonyl (C=O) groups excluding carboxylic acids is 1. The van der Waals surface area contributed by atoms with Crippen LogP contribution >= 0.6 is 0 Å². The van der Waals surface area contributed by atoms with Crippen LogP contribution in [0.15, 0.2) is 78.4 Å². The van der Waals surface area contributed by atoms with Crippen molar-refractivity contribution >= 4 is 16.8 Å². The number of allylic oxidation sites excluding steroid dienone is 6. The van der Waals surface area contributed by atoms with Crippen LogP contribution in [0.1, 0.15) is 34.2 Å². The van der Waals surface area contributed by atoms with Gasteiger partial charge in [0.2, 0.25) is 0 Å². The summed E-state index contributed by atoms with van der Waals surface area (Å²) in [6, 6.07) is 7.95. The van der Waals surface area contributed by atoms with Crippen LogP contribution in [0, 0.1) is 32.6 Å². The number of benzene rings is 1. The largest absolute Gasteiger partial charge is 0.457 e. The highest BCUT2D eigenvalue weighted by atomic mass is 16.5. The first-order chi connectivity index (χ1) is 16.4. The topological polar surface area (TPSA) is 69.0 Å². The van der Waals surface area contributed by atoms with Crippen molar-refractivity contribution in [3.05, 3.63) is 101 Å². The molecule has 2 heterocycles. The minimum absolute atomic E-state index is 0.147. The van der Waals surface area contributed by atoms with E-state index < -0.39 is 0 Å². The van der Waals surface area contributed by atoms with Gasteiger partial charge in [0.05, 0.1) is 11.2 Å². The normalized spacial score (nSPS) is 18.9. The zero-order valence-corrected chi connectivity index (χ0v) is 19.9. The van der Waals surface area contributed by atoms with Gasteiger partial charge in [0.1, 0.15) is 17.2 Å². The van der Waals surface area contributed by atoms with Crippen LogP contribution in [-0.4, -0.2) is 20.7 Å². The summed E-state index contributed by atoms with van der Waals surface area (Å²) in [7, 11) is 0. The van der Waals surface area contributed by atoms with Crippen LogP contribution in [0.2, 0.25) is 0 Å². The predicted molar refractivity (Wildman–Crippen MR) is 133 cm³/mol. The molecule has 0 fully saturated rings. The number of fused-ring (bicyclic) bond motifs is 2. The molecule has 0 saturated carbocycles.